The molecule has 1 atom stereocenters. The van der Waals surface area contributed by atoms with Gasteiger partial charge in [0.1, 0.15) is 6.61 Å². The highest BCUT2D eigenvalue weighted by atomic mass is 35.5. The molecule has 2 heterocycles. The van der Waals surface area contributed by atoms with E-state index in [0.29, 0.717) is 36.2 Å². The second kappa shape index (κ2) is 7.22. The van der Waals surface area contributed by atoms with E-state index in [-0.39, 0.29) is 18.4 Å². The molecule has 0 aliphatic heterocycles. The lowest BCUT2D eigenvalue weighted by atomic mass is 10.2. The molecule has 0 aliphatic carbocycles. The second-order valence-corrected chi connectivity index (χ2v) is 4.02. The molecule has 0 fully saturated rings. The third-order valence-electron chi connectivity index (χ3n) is 2.51. The number of hydrogen-bond donors (Lipinski definition) is 1. The van der Waals surface area contributed by atoms with Crippen LogP contribution in [0.3, 0.4) is 0 Å². The molecule has 2 rings (SSSR count). The van der Waals surface area contributed by atoms with Gasteiger partial charge < -0.3 is 19.1 Å². The first-order valence-corrected chi connectivity index (χ1v) is 5.67. The summed E-state index contributed by atoms with van der Waals surface area (Å²) < 4.78 is 15.1. The van der Waals surface area contributed by atoms with Crippen molar-refractivity contribution >= 4 is 12.4 Å². The molecule has 0 bridgehead atoms. The molecular formula is C11H17ClN4O3. The number of nitrogens with one attached hydrogen (secondary N) is 1. The van der Waals surface area contributed by atoms with Gasteiger partial charge in [-0.05, 0) is 14.0 Å². The lowest BCUT2D eigenvalue weighted by molar-refractivity contribution is 0.156. The van der Waals surface area contributed by atoms with E-state index < -0.39 is 0 Å². The average Bonchev–Trinajstić information content (AvgIpc) is 2.98. The third-order valence-corrected chi connectivity index (χ3v) is 2.51. The number of likely N-dealkylation sites (N-methyl/N-ethyl adjacent to an activating group) is 1. The van der Waals surface area contributed by atoms with E-state index >= 15 is 0 Å². The van der Waals surface area contributed by atoms with E-state index in [1.807, 2.05) is 14.0 Å². The Bertz CT molecular complexity index is 500. The van der Waals surface area contributed by atoms with Crippen LogP contribution in [0.25, 0.3) is 11.6 Å². The van der Waals surface area contributed by atoms with Gasteiger partial charge in [0.25, 0.3) is 5.89 Å². The minimum atomic E-state index is 0. The lowest BCUT2D eigenvalue weighted by Gasteiger charge is -2.04. The van der Waals surface area contributed by atoms with E-state index in [4.69, 9.17) is 13.8 Å². The molecule has 1 N–H and O–H groups in total. The van der Waals surface area contributed by atoms with Gasteiger partial charge in [-0.2, -0.15) is 4.98 Å². The van der Waals surface area contributed by atoms with E-state index in [1.165, 1.54) is 0 Å². The van der Waals surface area contributed by atoms with Crippen molar-refractivity contribution in [1.29, 1.82) is 0 Å². The molecule has 0 saturated carbocycles. The smallest absolute Gasteiger partial charge is 0.280 e. The Morgan fingerprint density at radius 2 is 2.16 bits per heavy atom. The number of ether oxygens (including phenoxy) is 1. The zero-order valence-electron chi connectivity index (χ0n) is 11.0. The zero-order valence-corrected chi connectivity index (χ0v) is 11.9. The number of rotatable bonds is 6. The first-order valence-electron chi connectivity index (χ1n) is 5.67. The largest absolute Gasteiger partial charge is 0.377 e. The van der Waals surface area contributed by atoms with Crippen LogP contribution in [0.2, 0.25) is 0 Å². The van der Waals surface area contributed by atoms with Crippen LogP contribution in [0.15, 0.2) is 15.1 Å². The van der Waals surface area contributed by atoms with Crippen molar-refractivity contribution in [1.82, 2.24) is 20.6 Å². The molecule has 0 aromatic carbocycles. The molecule has 7 nitrogen and oxygen atoms in total. The summed E-state index contributed by atoms with van der Waals surface area (Å²) in [6, 6.07) is 2.01. The monoisotopic (exact) mass is 288 g/mol. The van der Waals surface area contributed by atoms with Crippen LogP contribution in [0.4, 0.5) is 0 Å². The normalized spacial score (nSPS) is 12.2. The Morgan fingerprint density at radius 1 is 1.37 bits per heavy atom. The molecule has 0 aliphatic rings. The van der Waals surface area contributed by atoms with Crippen molar-refractivity contribution in [3.8, 4) is 11.6 Å². The first-order chi connectivity index (χ1) is 8.72. The fourth-order valence-corrected chi connectivity index (χ4v) is 1.44. The highest BCUT2D eigenvalue weighted by Crippen LogP contribution is 2.17. The maximum absolute atomic E-state index is 5.14. The topological polar surface area (TPSA) is 86.2 Å². The van der Waals surface area contributed by atoms with Gasteiger partial charge in [0.05, 0.1) is 0 Å². The van der Waals surface area contributed by atoms with Crippen molar-refractivity contribution < 1.29 is 13.8 Å². The van der Waals surface area contributed by atoms with Crippen molar-refractivity contribution in [2.45, 2.75) is 26.0 Å². The molecule has 1 unspecified atom stereocenters. The lowest BCUT2D eigenvalue weighted by Crippen LogP contribution is -2.24. The molecule has 106 valence electrons. The van der Waals surface area contributed by atoms with Crippen molar-refractivity contribution in [2.75, 3.05) is 14.2 Å². The van der Waals surface area contributed by atoms with Gasteiger partial charge in [-0.3, -0.25) is 0 Å². The standard InChI is InChI=1S/C11H16N4O3.ClH/c1-7(12-2)4-10-13-11(18-15-10)9-5-8(6-16-3)17-14-9;/h5,7,12H,4,6H2,1-3H3;1H. The van der Waals surface area contributed by atoms with Gasteiger partial charge in [-0.15, -0.1) is 12.4 Å². The highest BCUT2D eigenvalue weighted by Gasteiger charge is 2.15. The van der Waals surface area contributed by atoms with Crippen LogP contribution in [-0.4, -0.2) is 35.5 Å². The minimum Gasteiger partial charge on any atom is -0.377 e. The number of halogens is 1. The average molecular weight is 289 g/mol. The summed E-state index contributed by atoms with van der Waals surface area (Å²) in [5, 5.41) is 10.9. The molecule has 2 aromatic rings. The molecule has 19 heavy (non-hydrogen) atoms. The summed E-state index contributed by atoms with van der Waals surface area (Å²) in [5.41, 5.74) is 0.526. The Hall–Kier alpha value is -1.44. The van der Waals surface area contributed by atoms with Crippen LogP contribution in [0.1, 0.15) is 18.5 Å². The predicted molar refractivity (Wildman–Crippen MR) is 70.0 cm³/mol. The van der Waals surface area contributed by atoms with Gasteiger partial charge in [-0.1, -0.05) is 10.3 Å². The van der Waals surface area contributed by atoms with Crippen LogP contribution < -0.4 is 5.32 Å². The molecule has 0 spiro atoms. The summed E-state index contributed by atoms with van der Waals surface area (Å²) in [6.07, 6.45) is 0.697. The Kier molecular flexibility index (Phi) is 5.94. The van der Waals surface area contributed by atoms with Crippen LogP contribution >= 0.6 is 12.4 Å². The van der Waals surface area contributed by atoms with Crippen LogP contribution in [-0.2, 0) is 17.8 Å². The number of methoxy groups -OCH3 is 1. The van der Waals surface area contributed by atoms with Crippen molar-refractivity contribution in [3.63, 3.8) is 0 Å². The summed E-state index contributed by atoms with van der Waals surface area (Å²) in [4.78, 5) is 4.26. The van der Waals surface area contributed by atoms with Crippen molar-refractivity contribution in [3.05, 3.63) is 17.7 Å². The minimum absolute atomic E-state index is 0. The summed E-state index contributed by atoms with van der Waals surface area (Å²) in [6.45, 7) is 2.41. The summed E-state index contributed by atoms with van der Waals surface area (Å²) in [5.74, 6) is 1.62. The molecule has 8 heteroatoms. The Morgan fingerprint density at radius 3 is 2.84 bits per heavy atom. The molecular weight excluding hydrogens is 272 g/mol. The van der Waals surface area contributed by atoms with Gasteiger partial charge >= 0.3 is 0 Å². The van der Waals surface area contributed by atoms with Gasteiger partial charge in [0, 0.05) is 25.6 Å². The second-order valence-electron chi connectivity index (χ2n) is 4.02. The number of aromatic nitrogens is 3. The van der Waals surface area contributed by atoms with E-state index in [2.05, 4.69) is 20.6 Å². The van der Waals surface area contributed by atoms with Gasteiger partial charge in [0.15, 0.2) is 17.3 Å². The number of hydrogen-bond acceptors (Lipinski definition) is 7. The van der Waals surface area contributed by atoms with Gasteiger partial charge in [-0.25, -0.2) is 0 Å². The van der Waals surface area contributed by atoms with Crippen LogP contribution in [0, 0.1) is 0 Å². The summed E-state index contributed by atoms with van der Waals surface area (Å²) in [7, 11) is 3.48. The zero-order chi connectivity index (χ0) is 13.0. The Labute approximate surface area is 117 Å². The quantitative estimate of drug-likeness (QED) is 0.860. The number of nitrogens with zero attached hydrogens (tertiary/aromatic N) is 3. The fourth-order valence-electron chi connectivity index (χ4n) is 1.44. The van der Waals surface area contributed by atoms with Crippen LogP contribution in [0.5, 0.6) is 0 Å². The summed E-state index contributed by atoms with van der Waals surface area (Å²) >= 11 is 0. The van der Waals surface area contributed by atoms with E-state index in [9.17, 15) is 0 Å². The van der Waals surface area contributed by atoms with E-state index in [0.717, 1.165) is 0 Å². The highest BCUT2D eigenvalue weighted by molar-refractivity contribution is 5.85. The predicted octanol–water partition coefficient (Wildman–Crippen LogP) is 1.44. The fraction of sp³-hybridized carbons (Fsp3) is 0.545. The molecule has 0 saturated heterocycles. The van der Waals surface area contributed by atoms with E-state index in [1.54, 1.807) is 13.2 Å². The third kappa shape index (κ3) is 4.02. The molecule has 0 amide bonds. The Balaban J connectivity index is 0.00000180. The van der Waals surface area contributed by atoms with Crippen molar-refractivity contribution in [2.24, 2.45) is 0 Å². The van der Waals surface area contributed by atoms with Gasteiger partial charge in [0.2, 0.25) is 0 Å². The maximum atomic E-state index is 5.14. The maximum Gasteiger partial charge on any atom is 0.280 e. The SMILES string of the molecule is CNC(C)Cc1noc(-c2cc(COC)on2)n1.Cl. The molecule has 2 aromatic heterocycles. The first kappa shape index (κ1) is 15.6. The molecule has 0 radical (unpaired) electrons.